The van der Waals surface area contributed by atoms with Crippen molar-refractivity contribution in [1.29, 1.82) is 0 Å². The van der Waals surface area contributed by atoms with Gasteiger partial charge in [-0.1, -0.05) is 32.0 Å². The summed E-state index contributed by atoms with van der Waals surface area (Å²) >= 11 is 1.84. The van der Waals surface area contributed by atoms with E-state index in [0.29, 0.717) is 5.92 Å². The highest BCUT2D eigenvalue weighted by molar-refractivity contribution is 7.15. The Hall–Kier alpha value is -2.50. The normalized spacial score (nSPS) is 15.4. The zero-order valence-corrected chi connectivity index (χ0v) is 18.5. The van der Waals surface area contributed by atoms with Crippen LogP contribution in [0.5, 0.6) is 0 Å². The minimum Gasteiger partial charge on any atom is -0.326 e. The van der Waals surface area contributed by atoms with Gasteiger partial charge in [0.25, 0.3) is 0 Å². The number of nitrogens with zero attached hydrogens (tertiary/aromatic N) is 2. The Bertz CT molecular complexity index is 975. The molecule has 156 valence electrons. The van der Waals surface area contributed by atoms with Crippen LogP contribution in [0.1, 0.15) is 43.0 Å². The van der Waals surface area contributed by atoms with E-state index in [9.17, 15) is 4.79 Å². The molecule has 2 aromatic heterocycles. The van der Waals surface area contributed by atoms with Crippen LogP contribution < -0.4 is 5.32 Å². The topological polar surface area (TPSA) is 45.2 Å². The maximum atomic E-state index is 12.0. The van der Waals surface area contributed by atoms with Crippen molar-refractivity contribution in [2.24, 2.45) is 5.92 Å². The van der Waals surface area contributed by atoms with Gasteiger partial charge in [-0.2, -0.15) is 0 Å². The van der Waals surface area contributed by atoms with E-state index >= 15 is 0 Å². The van der Waals surface area contributed by atoms with Crippen LogP contribution in [0, 0.1) is 5.92 Å². The van der Waals surface area contributed by atoms with Crippen molar-refractivity contribution in [2.75, 3.05) is 18.4 Å². The number of likely N-dealkylation sites (tertiary alicyclic amines) is 1. The van der Waals surface area contributed by atoms with Gasteiger partial charge in [-0.25, -0.2) is 0 Å². The molecule has 1 fully saturated rings. The molecule has 1 amide bonds. The van der Waals surface area contributed by atoms with Crippen LogP contribution >= 0.6 is 11.3 Å². The lowest BCUT2D eigenvalue weighted by Gasteiger charge is -2.32. The van der Waals surface area contributed by atoms with Crippen LogP contribution in [0.15, 0.2) is 60.8 Å². The number of hydrogen-bond donors (Lipinski definition) is 1. The summed E-state index contributed by atoms with van der Waals surface area (Å²) in [6, 6.07) is 18.9. The lowest BCUT2D eigenvalue weighted by molar-refractivity contribution is -0.118. The maximum Gasteiger partial charge on any atom is 0.226 e. The number of pyridine rings is 1. The van der Waals surface area contributed by atoms with Crippen molar-refractivity contribution in [1.82, 2.24) is 9.88 Å². The number of nitrogens with one attached hydrogen (secondary N) is 1. The van der Waals surface area contributed by atoms with Crippen molar-refractivity contribution in [3.05, 3.63) is 71.2 Å². The third-order valence-corrected chi connectivity index (χ3v) is 6.79. The second kappa shape index (κ2) is 9.54. The molecule has 1 aromatic carbocycles. The minimum atomic E-state index is -0.00710. The third kappa shape index (κ3) is 5.15. The number of anilines is 1. The van der Waals surface area contributed by atoms with Crippen LogP contribution in [0.4, 0.5) is 5.69 Å². The predicted octanol–water partition coefficient (Wildman–Crippen LogP) is 5.78. The van der Waals surface area contributed by atoms with Crippen LogP contribution in [0.25, 0.3) is 10.6 Å². The Morgan fingerprint density at radius 2 is 1.97 bits per heavy atom. The molecule has 1 N–H and O–H groups in total. The van der Waals surface area contributed by atoms with E-state index < -0.39 is 0 Å². The van der Waals surface area contributed by atoms with Crippen molar-refractivity contribution in [2.45, 2.75) is 39.2 Å². The average Bonchev–Trinajstić information content (AvgIpc) is 3.23. The first-order chi connectivity index (χ1) is 14.6. The first kappa shape index (κ1) is 20.8. The summed E-state index contributed by atoms with van der Waals surface area (Å²) in [5.74, 6) is 0.625. The molecule has 4 rings (SSSR count). The molecule has 0 saturated carbocycles. The van der Waals surface area contributed by atoms with Gasteiger partial charge in [0.2, 0.25) is 5.91 Å². The standard InChI is InChI=1S/C25H29N3OS/c1-18(2)25(29)27-21-7-5-6-20(16-21)19-11-14-28(15-12-19)17-22-9-10-24(30-22)23-8-3-4-13-26-23/h3-10,13,16,18-19H,11-12,14-15,17H2,1-2H3,(H,27,29). The molecule has 0 aliphatic carbocycles. The number of piperidine rings is 1. The molecular formula is C25H29N3OS. The SMILES string of the molecule is CC(C)C(=O)Nc1cccc(C2CCN(Cc3ccc(-c4ccccn4)s3)CC2)c1. The highest BCUT2D eigenvalue weighted by Crippen LogP contribution is 2.32. The van der Waals surface area contributed by atoms with Crippen LogP contribution in [0.2, 0.25) is 0 Å². The first-order valence-corrected chi connectivity index (χ1v) is 11.5. The van der Waals surface area contributed by atoms with Gasteiger partial charge in [0.05, 0.1) is 10.6 Å². The second-order valence-corrected chi connectivity index (χ2v) is 9.47. The zero-order chi connectivity index (χ0) is 20.9. The van der Waals surface area contributed by atoms with Gasteiger partial charge in [-0.3, -0.25) is 14.7 Å². The summed E-state index contributed by atoms with van der Waals surface area (Å²) in [4.78, 5) is 21.6. The van der Waals surface area contributed by atoms with Crippen molar-refractivity contribution in [3.63, 3.8) is 0 Å². The van der Waals surface area contributed by atoms with Gasteiger partial charge in [-0.15, -0.1) is 11.3 Å². The van der Waals surface area contributed by atoms with Crippen LogP contribution in [-0.2, 0) is 11.3 Å². The second-order valence-electron chi connectivity index (χ2n) is 8.30. The van der Waals surface area contributed by atoms with Gasteiger partial charge in [0, 0.05) is 29.2 Å². The van der Waals surface area contributed by atoms with Gasteiger partial charge in [0.1, 0.15) is 0 Å². The Morgan fingerprint density at radius 3 is 2.70 bits per heavy atom. The Labute approximate surface area is 183 Å². The Kier molecular flexibility index (Phi) is 6.60. The molecule has 1 aliphatic rings. The molecule has 30 heavy (non-hydrogen) atoms. The van der Waals surface area contributed by atoms with E-state index in [-0.39, 0.29) is 11.8 Å². The summed E-state index contributed by atoms with van der Waals surface area (Å²) < 4.78 is 0. The average molecular weight is 420 g/mol. The van der Waals surface area contributed by atoms with E-state index in [1.54, 1.807) is 0 Å². The number of carbonyl (C=O) groups is 1. The molecule has 0 atom stereocenters. The van der Waals surface area contributed by atoms with Crippen molar-refractivity contribution >= 4 is 22.9 Å². The summed E-state index contributed by atoms with van der Waals surface area (Å²) in [7, 11) is 0. The molecule has 3 heterocycles. The number of thiophene rings is 1. The fourth-order valence-electron chi connectivity index (χ4n) is 3.91. The number of amides is 1. The fourth-order valence-corrected chi connectivity index (χ4v) is 4.94. The highest BCUT2D eigenvalue weighted by Gasteiger charge is 2.21. The van der Waals surface area contributed by atoms with E-state index in [0.717, 1.165) is 43.9 Å². The number of hydrogen-bond acceptors (Lipinski definition) is 4. The molecule has 0 bridgehead atoms. The highest BCUT2D eigenvalue weighted by atomic mass is 32.1. The van der Waals surface area contributed by atoms with Crippen molar-refractivity contribution < 1.29 is 4.79 Å². The lowest BCUT2D eigenvalue weighted by Crippen LogP contribution is -2.32. The number of aromatic nitrogens is 1. The van der Waals surface area contributed by atoms with E-state index in [4.69, 9.17) is 0 Å². The summed E-state index contributed by atoms with van der Waals surface area (Å²) in [5.41, 5.74) is 3.30. The van der Waals surface area contributed by atoms with Gasteiger partial charge < -0.3 is 5.32 Å². The molecule has 0 radical (unpaired) electrons. The molecule has 3 aromatic rings. The number of carbonyl (C=O) groups excluding carboxylic acids is 1. The lowest BCUT2D eigenvalue weighted by atomic mass is 9.89. The molecular weight excluding hydrogens is 390 g/mol. The first-order valence-electron chi connectivity index (χ1n) is 10.7. The molecule has 0 unspecified atom stereocenters. The molecule has 1 saturated heterocycles. The van der Waals surface area contributed by atoms with Gasteiger partial charge in [0.15, 0.2) is 0 Å². The van der Waals surface area contributed by atoms with Gasteiger partial charge >= 0.3 is 0 Å². The fraction of sp³-hybridized carbons (Fsp3) is 0.360. The third-order valence-electron chi connectivity index (χ3n) is 5.70. The van der Waals surface area contributed by atoms with E-state index in [1.165, 1.54) is 15.3 Å². The Balaban J connectivity index is 1.32. The molecule has 1 aliphatic heterocycles. The monoisotopic (exact) mass is 419 g/mol. The summed E-state index contributed by atoms with van der Waals surface area (Å²) in [6.07, 6.45) is 4.16. The van der Waals surface area contributed by atoms with Crippen molar-refractivity contribution in [3.8, 4) is 10.6 Å². The summed E-state index contributed by atoms with van der Waals surface area (Å²) in [5, 5.41) is 3.03. The van der Waals surface area contributed by atoms with Crippen LogP contribution in [-0.4, -0.2) is 28.9 Å². The van der Waals surface area contributed by atoms with Crippen LogP contribution in [0.3, 0.4) is 0 Å². The minimum absolute atomic E-state index is 0.00710. The zero-order valence-electron chi connectivity index (χ0n) is 17.7. The van der Waals surface area contributed by atoms with E-state index in [2.05, 4.69) is 51.6 Å². The number of benzene rings is 1. The molecule has 4 nitrogen and oxygen atoms in total. The Morgan fingerprint density at radius 1 is 1.13 bits per heavy atom. The maximum absolute atomic E-state index is 12.0. The predicted molar refractivity (Wildman–Crippen MR) is 125 cm³/mol. The largest absolute Gasteiger partial charge is 0.326 e. The van der Waals surface area contributed by atoms with Gasteiger partial charge in [-0.05, 0) is 73.8 Å². The quantitative estimate of drug-likeness (QED) is 0.550. The molecule has 0 spiro atoms. The number of rotatable bonds is 6. The molecule has 5 heteroatoms. The summed E-state index contributed by atoms with van der Waals surface area (Å²) in [6.45, 7) is 7.05. The van der Waals surface area contributed by atoms with E-state index in [1.807, 2.05) is 49.6 Å². The smallest absolute Gasteiger partial charge is 0.226 e.